The Balaban J connectivity index is 1.55. The zero-order valence-corrected chi connectivity index (χ0v) is 12.5. The molecule has 2 N–H and O–H groups in total. The van der Waals surface area contributed by atoms with Crippen molar-refractivity contribution in [2.24, 2.45) is 5.41 Å². The highest BCUT2D eigenvalue weighted by molar-refractivity contribution is 5.85. The van der Waals surface area contributed by atoms with Crippen molar-refractivity contribution < 1.29 is 19.4 Å². The van der Waals surface area contributed by atoms with Crippen molar-refractivity contribution in [2.45, 2.75) is 38.0 Å². The summed E-state index contributed by atoms with van der Waals surface area (Å²) in [7, 11) is 0. The zero-order chi connectivity index (χ0) is 15.4. The highest BCUT2D eigenvalue weighted by Crippen LogP contribution is 2.45. The lowest BCUT2D eigenvalue weighted by molar-refractivity contribution is -0.133. The molecule has 1 saturated carbocycles. The number of ether oxygens (including phenoxy) is 2. The molecule has 120 valence electrons. The fraction of sp³-hybridized carbons (Fsp3) is 0.625. The Morgan fingerprint density at radius 2 is 2.36 bits per heavy atom. The maximum atomic E-state index is 12.3. The molecule has 2 unspecified atom stereocenters. The molecule has 2 aliphatic rings. The molecule has 1 aromatic rings. The van der Waals surface area contributed by atoms with Gasteiger partial charge in [0.15, 0.2) is 0 Å². The number of nitrogens with zero attached hydrogens (tertiary/aromatic N) is 1. The quantitative estimate of drug-likeness (QED) is 0.806. The van der Waals surface area contributed by atoms with Crippen molar-refractivity contribution in [3.8, 4) is 0 Å². The third-order valence-electron chi connectivity index (χ3n) is 4.42. The summed E-state index contributed by atoms with van der Waals surface area (Å²) < 4.78 is 11.4. The summed E-state index contributed by atoms with van der Waals surface area (Å²) in [6, 6.07) is 5.53. The molecule has 1 aliphatic carbocycles. The van der Waals surface area contributed by atoms with Crippen LogP contribution in [0.2, 0.25) is 0 Å². The van der Waals surface area contributed by atoms with E-state index in [0.29, 0.717) is 19.8 Å². The van der Waals surface area contributed by atoms with E-state index in [1.165, 1.54) is 0 Å². The topological polar surface area (TPSA) is 80.7 Å². The third-order valence-corrected chi connectivity index (χ3v) is 4.42. The van der Waals surface area contributed by atoms with Crippen molar-refractivity contribution in [1.82, 2.24) is 10.3 Å². The second kappa shape index (κ2) is 6.73. The van der Waals surface area contributed by atoms with Crippen molar-refractivity contribution in [3.05, 3.63) is 30.1 Å². The molecular formula is C16H22N2O4. The first-order valence-corrected chi connectivity index (χ1v) is 7.75. The Morgan fingerprint density at radius 3 is 3.05 bits per heavy atom. The van der Waals surface area contributed by atoms with Crippen LogP contribution in [0.1, 0.15) is 25.0 Å². The maximum absolute atomic E-state index is 12.3. The number of pyridine rings is 1. The van der Waals surface area contributed by atoms with Crippen LogP contribution in [0.4, 0.5) is 0 Å². The number of rotatable bonds is 6. The molecule has 1 aliphatic heterocycles. The highest BCUT2D eigenvalue weighted by Gasteiger charge is 2.50. The number of nitrogens with one attached hydrogen (secondary N) is 1. The summed E-state index contributed by atoms with van der Waals surface area (Å²) in [6.45, 7) is 1.40. The van der Waals surface area contributed by atoms with E-state index in [4.69, 9.17) is 9.47 Å². The van der Waals surface area contributed by atoms with Crippen LogP contribution in [0, 0.1) is 5.41 Å². The van der Waals surface area contributed by atoms with E-state index in [1.54, 1.807) is 6.20 Å². The Morgan fingerprint density at radius 1 is 1.50 bits per heavy atom. The van der Waals surface area contributed by atoms with Gasteiger partial charge in [-0.3, -0.25) is 9.78 Å². The van der Waals surface area contributed by atoms with Gasteiger partial charge in [0, 0.05) is 12.8 Å². The molecule has 1 saturated heterocycles. The number of aliphatic hydroxyl groups is 1. The van der Waals surface area contributed by atoms with Crippen LogP contribution in [0.15, 0.2) is 24.4 Å². The predicted molar refractivity (Wildman–Crippen MR) is 78.9 cm³/mol. The van der Waals surface area contributed by atoms with Crippen molar-refractivity contribution in [2.75, 3.05) is 19.8 Å². The Labute approximate surface area is 129 Å². The number of amides is 1. The summed E-state index contributed by atoms with van der Waals surface area (Å²) in [6.07, 6.45) is 3.89. The van der Waals surface area contributed by atoms with Gasteiger partial charge in [0.1, 0.15) is 0 Å². The number of carbonyl (C=O) groups is 1. The molecule has 2 fully saturated rings. The molecule has 2 heterocycles. The minimum atomic E-state index is -0.566. The first-order chi connectivity index (χ1) is 10.7. The maximum Gasteiger partial charge on any atom is 0.228 e. The summed E-state index contributed by atoms with van der Waals surface area (Å²) >= 11 is 0. The summed E-state index contributed by atoms with van der Waals surface area (Å²) in [5.74, 6) is -0.0862. The van der Waals surface area contributed by atoms with E-state index in [0.717, 1.165) is 25.0 Å². The smallest absolute Gasteiger partial charge is 0.228 e. The van der Waals surface area contributed by atoms with Crippen LogP contribution in [0.25, 0.3) is 0 Å². The van der Waals surface area contributed by atoms with Gasteiger partial charge < -0.3 is 19.9 Å². The molecule has 0 spiro atoms. The lowest BCUT2D eigenvalue weighted by Crippen LogP contribution is -2.52. The summed E-state index contributed by atoms with van der Waals surface area (Å²) in [5.41, 5.74) is 0.302. The fourth-order valence-corrected chi connectivity index (χ4v) is 2.66. The van der Waals surface area contributed by atoms with Gasteiger partial charge in [-0.1, -0.05) is 6.07 Å². The molecule has 0 bridgehead atoms. The first kappa shape index (κ1) is 15.4. The van der Waals surface area contributed by atoms with Crippen LogP contribution >= 0.6 is 0 Å². The molecule has 6 nitrogen and oxygen atoms in total. The van der Waals surface area contributed by atoms with E-state index >= 15 is 0 Å². The van der Waals surface area contributed by atoms with Gasteiger partial charge in [-0.2, -0.15) is 0 Å². The normalized spacial score (nSPS) is 26.4. The highest BCUT2D eigenvalue weighted by atomic mass is 16.5. The number of aliphatic hydroxyl groups excluding tert-OH is 1. The Kier molecular flexibility index (Phi) is 4.71. The molecule has 1 amide bonds. The van der Waals surface area contributed by atoms with E-state index in [9.17, 15) is 9.90 Å². The second-order valence-corrected chi connectivity index (χ2v) is 6.05. The number of hydrogen-bond acceptors (Lipinski definition) is 5. The van der Waals surface area contributed by atoms with Gasteiger partial charge in [0.2, 0.25) is 5.91 Å². The molecule has 3 rings (SSSR count). The minimum Gasteiger partial charge on any atom is -0.395 e. The number of carbonyl (C=O) groups excluding carboxylic acids is 1. The van der Waals surface area contributed by atoms with E-state index in [2.05, 4.69) is 10.3 Å². The monoisotopic (exact) mass is 306 g/mol. The standard InChI is InChI=1S/C16H22N2O4/c19-11-16(5-6-16)15(20)18-13-10-21-8-4-14(13)22-9-12-3-1-2-7-17-12/h1-3,7,13-14,19H,4-6,8-11H2,(H,18,20). The fourth-order valence-electron chi connectivity index (χ4n) is 2.66. The van der Waals surface area contributed by atoms with Gasteiger partial charge >= 0.3 is 0 Å². The van der Waals surface area contributed by atoms with Crippen LogP contribution < -0.4 is 5.32 Å². The third kappa shape index (κ3) is 3.45. The first-order valence-electron chi connectivity index (χ1n) is 7.75. The Hall–Kier alpha value is -1.50. The molecule has 6 heteroatoms. The summed E-state index contributed by atoms with van der Waals surface area (Å²) in [5, 5.41) is 12.3. The molecule has 0 aromatic carbocycles. The van der Waals surface area contributed by atoms with Gasteiger partial charge in [0.25, 0.3) is 0 Å². The molecule has 2 atom stereocenters. The average Bonchev–Trinajstić information content (AvgIpc) is 3.36. The average molecular weight is 306 g/mol. The Bertz CT molecular complexity index is 504. The van der Waals surface area contributed by atoms with Crippen LogP contribution in [0.5, 0.6) is 0 Å². The molecule has 1 aromatic heterocycles. The zero-order valence-electron chi connectivity index (χ0n) is 12.5. The SMILES string of the molecule is O=C(NC1COCCC1OCc1ccccn1)C1(CO)CC1. The van der Waals surface area contributed by atoms with Crippen LogP contribution in [0.3, 0.4) is 0 Å². The second-order valence-electron chi connectivity index (χ2n) is 6.05. The number of hydrogen-bond donors (Lipinski definition) is 2. The van der Waals surface area contributed by atoms with Gasteiger partial charge in [0.05, 0.1) is 43.1 Å². The van der Waals surface area contributed by atoms with Crippen molar-refractivity contribution >= 4 is 5.91 Å². The van der Waals surface area contributed by atoms with Gasteiger partial charge in [-0.05, 0) is 31.4 Å². The van der Waals surface area contributed by atoms with Crippen molar-refractivity contribution in [3.63, 3.8) is 0 Å². The predicted octanol–water partition coefficient (Wildman–Crippen LogP) is 0.644. The summed E-state index contributed by atoms with van der Waals surface area (Å²) in [4.78, 5) is 16.5. The minimum absolute atomic E-state index is 0.0862. The van der Waals surface area contributed by atoms with Gasteiger partial charge in [-0.15, -0.1) is 0 Å². The van der Waals surface area contributed by atoms with E-state index in [1.807, 2.05) is 18.2 Å². The lowest BCUT2D eigenvalue weighted by atomic mass is 10.0. The lowest BCUT2D eigenvalue weighted by Gasteiger charge is -2.33. The van der Waals surface area contributed by atoms with E-state index in [-0.39, 0.29) is 24.7 Å². The van der Waals surface area contributed by atoms with Crippen molar-refractivity contribution in [1.29, 1.82) is 0 Å². The molecule has 22 heavy (non-hydrogen) atoms. The van der Waals surface area contributed by atoms with E-state index < -0.39 is 5.41 Å². The molecular weight excluding hydrogens is 284 g/mol. The largest absolute Gasteiger partial charge is 0.395 e. The van der Waals surface area contributed by atoms with Crippen LogP contribution in [-0.4, -0.2) is 48.0 Å². The van der Waals surface area contributed by atoms with Crippen LogP contribution in [-0.2, 0) is 20.9 Å². The number of aromatic nitrogens is 1. The molecule has 0 radical (unpaired) electrons. The van der Waals surface area contributed by atoms with Gasteiger partial charge in [-0.25, -0.2) is 0 Å².